The first-order valence-corrected chi connectivity index (χ1v) is 10.2. The number of H-pyrrole nitrogens is 1. The van der Waals surface area contributed by atoms with Gasteiger partial charge in [0.05, 0.1) is 36.2 Å². The van der Waals surface area contributed by atoms with Crippen molar-refractivity contribution in [3.05, 3.63) is 95.2 Å². The van der Waals surface area contributed by atoms with E-state index in [0.717, 1.165) is 22.6 Å². The van der Waals surface area contributed by atoms with E-state index < -0.39 is 0 Å². The van der Waals surface area contributed by atoms with E-state index in [2.05, 4.69) is 20.4 Å². The Hall–Kier alpha value is -3.38. The van der Waals surface area contributed by atoms with E-state index in [1.54, 1.807) is 23.3 Å². The van der Waals surface area contributed by atoms with Crippen molar-refractivity contribution in [3.8, 4) is 11.3 Å². The van der Waals surface area contributed by atoms with Crippen molar-refractivity contribution in [1.29, 1.82) is 0 Å². The third kappa shape index (κ3) is 4.44. The minimum Gasteiger partial charge on any atom is -0.342 e. The van der Waals surface area contributed by atoms with Gasteiger partial charge in [-0.1, -0.05) is 67.1 Å². The van der Waals surface area contributed by atoms with E-state index in [-0.39, 0.29) is 11.9 Å². The van der Waals surface area contributed by atoms with Crippen LogP contribution < -0.4 is 5.32 Å². The van der Waals surface area contributed by atoms with Crippen LogP contribution in [0.5, 0.6) is 0 Å². The molecular weight excluding hydrogens is 398 g/mol. The van der Waals surface area contributed by atoms with Gasteiger partial charge in [-0.25, -0.2) is 4.98 Å². The maximum atomic E-state index is 12.8. The zero-order valence-corrected chi connectivity index (χ0v) is 17.3. The predicted molar refractivity (Wildman–Crippen MR) is 117 cm³/mol. The van der Waals surface area contributed by atoms with Crippen molar-refractivity contribution in [1.82, 2.24) is 25.1 Å². The molecule has 0 saturated heterocycles. The summed E-state index contributed by atoms with van der Waals surface area (Å²) >= 11 is 6.21. The average molecular weight is 420 g/mol. The zero-order chi connectivity index (χ0) is 20.9. The van der Waals surface area contributed by atoms with Gasteiger partial charge in [-0.05, 0) is 23.6 Å². The van der Waals surface area contributed by atoms with Crippen LogP contribution in [0.3, 0.4) is 0 Å². The van der Waals surface area contributed by atoms with Gasteiger partial charge in [-0.15, -0.1) is 0 Å². The molecule has 0 radical (unpaired) electrons. The molecule has 1 atom stereocenters. The number of halogens is 1. The van der Waals surface area contributed by atoms with Gasteiger partial charge in [0.1, 0.15) is 5.82 Å². The topological polar surface area (TPSA) is 75.6 Å². The molecule has 0 spiro atoms. The lowest BCUT2D eigenvalue weighted by molar-refractivity contribution is 0.0934. The number of imidazole rings is 1. The molecular formula is C23H22ClN5O. The number of aromatic amines is 1. The maximum Gasteiger partial charge on any atom is 0.255 e. The lowest BCUT2D eigenvalue weighted by Gasteiger charge is -2.14. The molecule has 2 heterocycles. The van der Waals surface area contributed by atoms with Crippen LogP contribution >= 0.6 is 11.6 Å². The van der Waals surface area contributed by atoms with Crippen LogP contribution in [0.1, 0.15) is 41.1 Å². The van der Waals surface area contributed by atoms with Gasteiger partial charge in [-0.2, -0.15) is 5.10 Å². The molecule has 152 valence electrons. The quantitative estimate of drug-likeness (QED) is 0.449. The summed E-state index contributed by atoms with van der Waals surface area (Å²) in [5.41, 5.74) is 3.42. The second-order valence-corrected chi connectivity index (χ2v) is 7.41. The highest BCUT2D eigenvalue weighted by Crippen LogP contribution is 2.21. The molecule has 0 fully saturated rings. The molecule has 0 bridgehead atoms. The Morgan fingerprint density at radius 2 is 1.90 bits per heavy atom. The normalized spacial score (nSPS) is 11.9. The second kappa shape index (κ2) is 8.97. The Morgan fingerprint density at radius 3 is 2.67 bits per heavy atom. The third-order valence-corrected chi connectivity index (χ3v) is 5.28. The lowest BCUT2D eigenvalue weighted by atomic mass is 10.2. The Kier molecular flexibility index (Phi) is 5.95. The van der Waals surface area contributed by atoms with Crippen LogP contribution in [0.25, 0.3) is 11.3 Å². The summed E-state index contributed by atoms with van der Waals surface area (Å²) in [6.07, 6.45) is 5.79. The Balaban J connectivity index is 1.45. The maximum absolute atomic E-state index is 12.8. The fraction of sp³-hybridized carbons (Fsp3) is 0.174. The van der Waals surface area contributed by atoms with Gasteiger partial charge >= 0.3 is 0 Å². The molecule has 2 aromatic heterocycles. The Labute approximate surface area is 179 Å². The highest BCUT2D eigenvalue weighted by molar-refractivity contribution is 6.31. The minimum atomic E-state index is -0.220. The number of nitrogens with one attached hydrogen (secondary N) is 2. The fourth-order valence-corrected chi connectivity index (χ4v) is 3.45. The van der Waals surface area contributed by atoms with E-state index in [9.17, 15) is 4.79 Å². The van der Waals surface area contributed by atoms with Gasteiger partial charge in [0.25, 0.3) is 5.91 Å². The first-order chi connectivity index (χ1) is 14.6. The predicted octanol–water partition coefficient (Wildman–Crippen LogP) is 4.86. The summed E-state index contributed by atoms with van der Waals surface area (Å²) in [4.78, 5) is 20.6. The monoisotopic (exact) mass is 419 g/mol. The molecule has 2 N–H and O–H groups in total. The van der Waals surface area contributed by atoms with Crippen LogP contribution in [-0.4, -0.2) is 25.7 Å². The number of benzene rings is 2. The highest BCUT2D eigenvalue weighted by Gasteiger charge is 2.18. The molecule has 0 aliphatic heterocycles. The third-order valence-electron chi connectivity index (χ3n) is 4.91. The number of nitrogens with zero attached hydrogens (tertiary/aromatic N) is 3. The highest BCUT2D eigenvalue weighted by atomic mass is 35.5. The van der Waals surface area contributed by atoms with Crippen molar-refractivity contribution in [2.24, 2.45) is 0 Å². The Morgan fingerprint density at radius 1 is 1.13 bits per heavy atom. The zero-order valence-electron chi connectivity index (χ0n) is 16.5. The van der Waals surface area contributed by atoms with Crippen molar-refractivity contribution >= 4 is 17.5 Å². The average Bonchev–Trinajstić information content (AvgIpc) is 3.44. The summed E-state index contributed by atoms with van der Waals surface area (Å²) in [5.74, 6) is 0.540. The number of amides is 1. The fourth-order valence-electron chi connectivity index (χ4n) is 3.25. The molecule has 7 heteroatoms. The standard InChI is InChI=1S/C23H22ClN5O/c1-2-20(22-25-13-21(27-22)16-8-4-3-5-9-16)28-23(30)18-12-26-29(15-18)14-17-10-6-7-11-19(17)24/h3-13,15,20H,2,14H2,1H3,(H,25,27)(H,28,30). The number of carbonyl (C=O) groups is 1. The van der Waals surface area contributed by atoms with E-state index in [4.69, 9.17) is 11.6 Å². The van der Waals surface area contributed by atoms with Gasteiger partial charge in [0, 0.05) is 11.2 Å². The van der Waals surface area contributed by atoms with Crippen LogP contribution in [0.2, 0.25) is 5.02 Å². The summed E-state index contributed by atoms with van der Waals surface area (Å²) in [7, 11) is 0. The van der Waals surface area contributed by atoms with Crippen LogP contribution in [-0.2, 0) is 6.54 Å². The summed E-state index contributed by atoms with van der Waals surface area (Å²) in [5, 5.41) is 8.02. The van der Waals surface area contributed by atoms with Gasteiger partial charge in [0.2, 0.25) is 0 Å². The summed E-state index contributed by atoms with van der Waals surface area (Å²) < 4.78 is 1.71. The van der Waals surface area contributed by atoms with Crippen molar-refractivity contribution in [3.63, 3.8) is 0 Å². The molecule has 0 aliphatic carbocycles. The minimum absolute atomic E-state index is 0.190. The van der Waals surface area contributed by atoms with Crippen LogP contribution in [0.4, 0.5) is 0 Å². The van der Waals surface area contributed by atoms with Gasteiger partial charge in [0.15, 0.2) is 0 Å². The van der Waals surface area contributed by atoms with E-state index in [0.29, 0.717) is 23.6 Å². The first-order valence-electron chi connectivity index (χ1n) is 9.81. The van der Waals surface area contributed by atoms with Crippen LogP contribution in [0, 0.1) is 0 Å². The number of carbonyl (C=O) groups excluding carboxylic acids is 1. The molecule has 1 unspecified atom stereocenters. The molecule has 0 saturated carbocycles. The van der Waals surface area contributed by atoms with E-state index >= 15 is 0 Å². The van der Waals surface area contributed by atoms with Gasteiger partial charge < -0.3 is 10.3 Å². The van der Waals surface area contributed by atoms with Crippen molar-refractivity contribution in [2.45, 2.75) is 25.9 Å². The Bertz CT molecular complexity index is 1140. The smallest absolute Gasteiger partial charge is 0.255 e. The van der Waals surface area contributed by atoms with Crippen molar-refractivity contribution in [2.75, 3.05) is 0 Å². The largest absolute Gasteiger partial charge is 0.342 e. The summed E-state index contributed by atoms with van der Waals surface area (Å²) in [6, 6.07) is 17.3. The van der Waals surface area contributed by atoms with E-state index in [1.165, 1.54) is 0 Å². The van der Waals surface area contributed by atoms with Crippen molar-refractivity contribution < 1.29 is 4.79 Å². The molecule has 4 rings (SSSR count). The van der Waals surface area contributed by atoms with Gasteiger partial charge in [-0.3, -0.25) is 9.48 Å². The number of aromatic nitrogens is 4. The summed E-state index contributed by atoms with van der Waals surface area (Å²) in [6.45, 7) is 2.51. The molecule has 4 aromatic rings. The SMILES string of the molecule is CCC(NC(=O)c1cnn(Cc2ccccc2Cl)c1)c1ncc(-c2ccccc2)[nH]1. The first kappa shape index (κ1) is 19.9. The molecule has 0 aliphatic rings. The number of hydrogen-bond acceptors (Lipinski definition) is 3. The molecule has 1 amide bonds. The molecule has 2 aromatic carbocycles. The second-order valence-electron chi connectivity index (χ2n) is 7.00. The van der Waals surface area contributed by atoms with Crippen LogP contribution in [0.15, 0.2) is 73.2 Å². The number of rotatable bonds is 7. The number of hydrogen-bond donors (Lipinski definition) is 2. The lowest BCUT2D eigenvalue weighted by Crippen LogP contribution is -2.28. The molecule has 30 heavy (non-hydrogen) atoms. The van der Waals surface area contributed by atoms with E-state index in [1.807, 2.05) is 61.5 Å². The molecule has 6 nitrogen and oxygen atoms in total.